The van der Waals surface area contributed by atoms with Gasteiger partial charge in [-0.05, 0) is 70.7 Å². The standard InChI is InChI=1S/C14H19Br2NO5S/c1-14(2,3)22-13(20)17-9(12(18)19)7-21-5-4-8-6-10(15)23-11(8)16/h6,9H,4-5,7H2,1-3H3,(H,17,20)(H,18,19). The maximum Gasteiger partial charge on any atom is 0.408 e. The summed E-state index contributed by atoms with van der Waals surface area (Å²) in [6.07, 6.45) is -0.139. The molecule has 23 heavy (non-hydrogen) atoms. The van der Waals surface area contributed by atoms with E-state index in [1.807, 2.05) is 6.07 Å². The summed E-state index contributed by atoms with van der Waals surface area (Å²) in [7, 11) is 0. The second-order valence-electron chi connectivity index (χ2n) is 5.71. The summed E-state index contributed by atoms with van der Waals surface area (Å²) in [6, 6.07) is 0.827. The van der Waals surface area contributed by atoms with Gasteiger partial charge in [-0.3, -0.25) is 0 Å². The minimum absolute atomic E-state index is 0.127. The molecule has 6 nitrogen and oxygen atoms in total. The minimum Gasteiger partial charge on any atom is -0.480 e. The van der Waals surface area contributed by atoms with Crippen molar-refractivity contribution in [2.24, 2.45) is 0 Å². The van der Waals surface area contributed by atoms with Crippen LogP contribution in [0.1, 0.15) is 26.3 Å². The van der Waals surface area contributed by atoms with Crippen LogP contribution in [-0.4, -0.2) is 42.0 Å². The number of halogens is 2. The van der Waals surface area contributed by atoms with Gasteiger partial charge in [0.1, 0.15) is 5.60 Å². The van der Waals surface area contributed by atoms with Gasteiger partial charge in [-0.2, -0.15) is 0 Å². The number of hydrogen-bond acceptors (Lipinski definition) is 5. The average Bonchev–Trinajstić information content (AvgIpc) is 2.69. The molecule has 0 aromatic carbocycles. The normalized spacial score (nSPS) is 12.7. The molecule has 1 rings (SSSR count). The Morgan fingerprint density at radius 3 is 2.52 bits per heavy atom. The van der Waals surface area contributed by atoms with Crippen LogP contribution in [-0.2, 0) is 20.7 Å². The van der Waals surface area contributed by atoms with Crippen molar-refractivity contribution in [1.29, 1.82) is 0 Å². The van der Waals surface area contributed by atoms with Crippen LogP contribution in [0.25, 0.3) is 0 Å². The molecular weight excluding hydrogens is 454 g/mol. The molecule has 1 heterocycles. The fraction of sp³-hybridized carbons (Fsp3) is 0.571. The van der Waals surface area contributed by atoms with E-state index in [1.165, 1.54) is 0 Å². The van der Waals surface area contributed by atoms with Gasteiger partial charge < -0.3 is 19.9 Å². The Balaban J connectivity index is 2.40. The first-order valence-electron chi connectivity index (χ1n) is 6.82. The third kappa shape index (κ3) is 8.14. The van der Waals surface area contributed by atoms with E-state index in [1.54, 1.807) is 32.1 Å². The number of carboxylic acids is 1. The highest BCUT2D eigenvalue weighted by molar-refractivity contribution is 9.12. The maximum absolute atomic E-state index is 11.6. The zero-order chi connectivity index (χ0) is 17.6. The second kappa shape index (κ2) is 9.00. The predicted octanol–water partition coefficient (Wildman–Crippen LogP) is 3.81. The van der Waals surface area contributed by atoms with Crippen molar-refractivity contribution in [1.82, 2.24) is 5.32 Å². The van der Waals surface area contributed by atoms with Gasteiger partial charge in [0.2, 0.25) is 0 Å². The van der Waals surface area contributed by atoms with E-state index in [9.17, 15) is 9.59 Å². The summed E-state index contributed by atoms with van der Waals surface area (Å²) in [6.45, 7) is 5.33. The molecule has 1 unspecified atom stereocenters. The van der Waals surface area contributed by atoms with E-state index < -0.39 is 23.7 Å². The number of hydrogen-bond donors (Lipinski definition) is 2. The number of nitrogens with one attached hydrogen (secondary N) is 1. The van der Waals surface area contributed by atoms with E-state index in [0.29, 0.717) is 13.0 Å². The zero-order valence-electron chi connectivity index (χ0n) is 13.0. The van der Waals surface area contributed by atoms with Crippen LogP contribution in [0.3, 0.4) is 0 Å². The van der Waals surface area contributed by atoms with Crippen molar-refractivity contribution >= 4 is 55.3 Å². The molecule has 0 bridgehead atoms. The SMILES string of the molecule is CC(C)(C)OC(=O)NC(COCCc1cc(Br)sc1Br)C(=O)O. The fourth-order valence-corrected chi connectivity index (χ4v) is 4.47. The molecule has 0 aliphatic carbocycles. The molecule has 0 saturated heterocycles. The van der Waals surface area contributed by atoms with E-state index >= 15 is 0 Å². The molecule has 1 aromatic heterocycles. The Labute approximate surface area is 155 Å². The maximum atomic E-state index is 11.6. The van der Waals surface area contributed by atoms with Crippen molar-refractivity contribution in [2.75, 3.05) is 13.2 Å². The highest BCUT2D eigenvalue weighted by Crippen LogP contribution is 2.32. The summed E-state index contributed by atoms with van der Waals surface area (Å²) in [5.74, 6) is -1.17. The molecule has 130 valence electrons. The molecular formula is C14H19Br2NO5S. The highest BCUT2D eigenvalue weighted by atomic mass is 79.9. The largest absolute Gasteiger partial charge is 0.480 e. The molecule has 0 radical (unpaired) electrons. The van der Waals surface area contributed by atoms with Gasteiger partial charge in [0.05, 0.1) is 20.8 Å². The molecule has 0 aliphatic rings. The van der Waals surface area contributed by atoms with Crippen LogP contribution in [0.2, 0.25) is 0 Å². The minimum atomic E-state index is -1.17. The van der Waals surface area contributed by atoms with Crippen molar-refractivity contribution in [3.8, 4) is 0 Å². The Kier molecular flexibility index (Phi) is 7.99. The average molecular weight is 473 g/mol. The zero-order valence-corrected chi connectivity index (χ0v) is 17.0. The molecule has 9 heteroatoms. The lowest BCUT2D eigenvalue weighted by molar-refractivity contribution is -0.141. The number of ether oxygens (including phenoxy) is 2. The third-order valence-corrected chi connectivity index (χ3v) is 4.98. The second-order valence-corrected chi connectivity index (χ2v) is 9.46. The Bertz CT molecular complexity index is 556. The van der Waals surface area contributed by atoms with E-state index in [0.717, 1.165) is 13.1 Å². The van der Waals surface area contributed by atoms with Crippen molar-refractivity contribution in [2.45, 2.75) is 38.8 Å². The summed E-state index contributed by atoms with van der Waals surface area (Å²) in [5, 5.41) is 11.4. The van der Waals surface area contributed by atoms with Gasteiger partial charge in [0.15, 0.2) is 6.04 Å². The predicted molar refractivity (Wildman–Crippen MR) is 95.0 cm³/mol. The number of aliphatic carboxylic acids is 1. The van der Waals surface area contributed by atoms with Gasteiger partial charge >= 0.3 is 12.1 Å². The van der Waals surface area contributed by atoms with Crippen LogP contribution in [0.4, 0.5) is 4.79 Å². The van der Waals surface area contributed by atoms with Crippen LogP contribution in [0, 0.1) is 0 Å². The Hall–Kier alpha value is -0.640. The third-order valence-electron chi connectivity index (χ3n) is 2.52. The first-order chi connectivity index (χ1) is 10.6. The summed E-state index contributed by atoms with van der Waals surface area (Å²) in [5.41, 5.74) is 0.390. The summed E-state index contributed by atoms with van der Waals surface area (Å²) in [4.78, 5) is 22.8. The molecule has 2 N–H and O–H groups in total. The van der Waals surface area contributed by atoms with Gasteiger partial charge in [0, 0.05) is 0 Å². The number of alkyl carbamates (subject to hydrolysis) is 1. The van der Waals surface area contributed by atoms with Gasteiger partial charge in [-0.1, -0.05) is 0 Å². The molecule has 1 atom stereocenters. The first kappa shape index (κ1) is 20.4. The summed E-state index contributed by atoms with van der Waals surface area (Å²) >= 11 is 8.40. The van der Waals surface area contributed by atoms with Gasteiger partial charge in [-0.25, -0.2) is 9.59 Å². The number of amides is 1. The van der Waals surface area contributed by atoms with Crippen molar-refractivity contribution in [3.05, 3.63) is 19.2 Å². The number of carboxylic acid groups (broad SMARTS) is 1. The summed E-state index contributed by atoms with van der Waals surface area (Å²) < 4.78 is 12.4. The lowest BCUT2D eigenvalue weighted by atomic mass is 10.2. The number of rotatable bonds is 7. The molecule has 0 spiro atoms. The molecule has 1 amide bonds. The van der Waals surface area contributed by atoms with E-state index in [4.69, 9.17) is 14.6 Å². The highest BCUT2D eigenvalue weighted by Gasteiger charge is 2.24. The lowest BCUT2D eigenvalue weighted by Crippen LogP contribution is -2.46. The van der Waals surface area contributed by atoms with E-state index in [-0.39, 0.29) is 6.61 Å². The number of carbonyl (C=O) groups is 2. The van der Waals surface area contributed by atoms with E-state index in [2.05, 4.69) is 37.2 Å². The molecule has 0 saturated carbocycles. The smallest absolute Gasteiger partial charge is 0.408 e. The Morgan fingerprint density at radius 2 is 2.04 bits per heavy atom. The van der Waals surface area contributed by atoms with Gasteiger partial charge in [-0.15, -0.1) is 11.3 Å². The van der Waals surface area contributed by atoms with Crippen LogP contribution < -0.4 is 5.32 Å². The number of thiophene rings is 1. The molecule has 1 aromatic rings. The monoisotopic (exact) mass is 471 g/mol. The fourth-order valence-electron chi connectivity index (χ4n) is 1.55. The van der Waals surface area contributed by atoms with Gasteiger partial charge in [0.25, 0.3) is 0 Å². The van der Waals surface area contributed by atoms with Crippen molar-refractivity contribution in [3.63, 3.8) is 0 Å². The first-order valence-corrected chi connectivity index (χ1v) is 9.22. The van der Waals surface area contributed by atoms with Crippen molar-refractivity contribution < 1.29 is 24.2 Å². The quantitative estimate of drug-likeness (QED) is 0.589. The van der Waals surface area contributed by atoms with Crippen LogP contribution in [0.15, 0.2) is 13.6 Å². The van der Waals surface area contributed by atoms with Crippen LogP contribution in [0.5, 0.6) is 0 Å². The Morgan fingerprint density at radius 1 is 1.39 bits per heavy atom. The number of carbonyl (C=O) groups excluding carboxylic acids is 1. The topological polar surface area (TPSA) is 84.9 Å². The molecule has 0 aliphatic heterocycles. The molecule has 0 fully saturated rings. The van der Waals surface area contributed by atoms with Crippen LogP contribution >= 0.6 is 43.2 Å². The lowest BCUT2D eigenvalue weighted by Gasteiger charge is -2.22.